The second kappa shape index (κ2) is 2.68. The van der Waals surface area contributed by atoms with E-state index in [0.29, 0.717) is 6.04 Å². The highest BCUT2D eigenvalue weighted by molar-refractivity contribution is 5.83. The van der Waals surface area contributed by atoms with Crippen LogP contribution in [0.25, 0.3) is 0 Å². The number of rotatable bonds is 0. The number of allylic oxidation sites excluding steroid dienone is 1. The molecule has 2 fully saturated rings. The molecule has 2 heteroatoms. The van der Waals surface area contributed by atoms with Crippen LogP contribution in [0.5, 0.6) is 0 Å². The van der Waals surface area contributed by atoms with Crippen molar-refractivity contribution in [1.29, 1.82) is 5.41 Å². The molecular weight excluding hydrogens is 160 g/mol. The molecule has 4 atom stereocenters. The van der Waals surface area contributed by atoms with Gasteiger partial charge in [-0.3, -0.25) is 0 Å². The SMILES string of the molecule is N=C1CC2CC=CC3NCC(C1)C23. The van der Waals surface area contributed by atoms with Gasteiger partial charge >= 0.3 is 0 Å². The molecule has 1 heterocycles. The zero-order valence-corrected chi connectivity index (χ0v) is 7.79. The highest BCUT2D eigenvalue weighted by Gasteiger charge is 2.44. The van der Waals surface area contributed by atoms with Crippen LogP contribution < -0.4 is 5.32 Å². The van der Waals surface area contributed by atoms with Gasteiger partial charge in [-0.05, 0) is 43.6 Å². The van der Waals surface area contributed by atoms with Crippen molar-refractivity contribution in [2.75, 3.05) is 6.54 Å². The van der Waals surface area contributed by atoms with E-state index in [1.54, 1.807) is 0 Å². The largest absolute Gasteiger partial charge is 0.310 e. The van der Waals surface area contributed by atoms with Gasteiger partial charge in [-0.2, -0.15) is 0 Å². The third-order valence-corrected chi connectivity index (χ3v) is 3.92. The first-order chi connectivity index (χ1) is 6.34. The van der Waals surface area contributed by atoms with Crippen molar-refractivity contribution in [1.82, 2.24) is 5.32 Å². The molecule has 3 rings (SSSR count). The summed E-state index contributed by atoms with van der Waals surface area (Å²) in [5.74, 6) is 2.39. The number of hydrogen-bond acceptors (Lipinski definition) is 2. The van der Waals surface area contributed by atoms with Gasteiger partial charge in [0, 0.05) is 11.8 Å². The first-order valence-corrected chi connectivity index (χ1v) is 5.31. The molecule has 0 aromatic carbocycles. The predicted octanol–water partition coefficient (Wildman–Crippen LogP) is 1.58. The van der Waals surface area contributed by atoms with E-state index in [0.717, 1.165) is 42.9 Å². The highest BCUT2D eigenvalue weighted by atomic mass is 15.0. The van der Waals surface area contributed by atoms with Crippen LogP contribution in [0.1, 0.15) is 19.3 Å². The predicted molar refractivity (Wildman–Crippen MR) is 53.0 cm³/mol. The average Bonchev–Trinajstić information content (AvgIpc) is 2.50. The lowest BCUT2D eigenvalue weighted by atomic mass is 9.67. The maximum absolute atomic E-state index is 7.81. The van der Waals surface area contributed by atoms with Crippen molar-refractivity contribution in [3.8, 4) is 0 Å². The smallest absolute Gasteiger partial charge is 0.0284 e. The summed E-state index contributed by atoms with van der Waals surface area (Å²) in [4.78, 5) is 0. The molecule has 2 N–H and O–H groups in total. The minimum Gasteiger partial charge on any atom is -0.310 e. The normalized spacial score (nSPS) is 47.8. The molecular formula is C11H16N2. The molecule has 0 amide bonds. The summed E-state index contributed by atoms with van der Waals surface area (Å²) in [5.41, 5.74) is 0.990. The third-order valence-electron chi connectivity index (χ3n) is 3.92. The number of nitrogens with one attached hydrogen (secondary N) is 2. The molecule has 1 saturated heterocycles. The quantitative estimate of drug-likeness (QED) is 0.540. The topological polar surface area (TPSA) is 35.9 Å². The van der Waals surface area contributed by atoms with Gasteiger partial charge in [0.25, 0.3) is 0 Å². The molecule has 13 heavy (non-hydrogen) atoms. The molecule has 0 bridgehead atoms. The van der Waals surface area contributed by atoms with E-state index in [-0.39, 0.29) is 0 Å². The van der Waals surface area contributed by atoms with Crippen molar-refractivity contribution in [3.05, 3.63) is 12.2 Å². The van der Waals surface area contributed by atoms with Gasteiger partial charge in [0.15, 0.2) is 0 Å². The van der Waals surface area contributed by atoms with Gasteiger partial charge < -0.3 is 10.7 Å². The van der Waals surface area contributed by atoms with Gasteiger partial charge in [-0.1, -0.05) is 12.2 Å². The van der Waals surface area contributed by atoms with Gasteiger partial charge in [0.2, 0.25) is 0 Å². The fourth-order valence-electron chi connectivity index (χ4n) is 3.43. The summed E-state index contributed by atoms with van der Waals surface area (Å²) >= 11 is 0. The summed E-state index contributed by atoms with van der Waals surface area (Å²) < 4.78 is 0. The maximum Gasteiger partial charge on any atom is 0.0284 e. The van der Waals surface area contributed by atoms with Crippen LogP contribution in [0.15, 0.2) is 12.2 Å². The van der Waals surface area contributed by atoms with E-state index in [9.17, 15) is 0 Å². The molecule has 1 aliphatic heterocycles. The average molecular weight is 176 g/mol. The minimum absolute atomic E-state index is 0.636. The Kier molecular flexibility index (Phi) is 1.59. The van der Waals surface area contributed by atoms with Crippen molar-refractivity contribution in [3.63, 3.8) is 0 Å². The molecule has 4 unspecified atom stereocenters. The van der Waals surface area contributed by atoms with E-state index >= 15 is 0 Å². The minimum atomic E-state index is 0.636. The standard InChI is InChI=1S/C11H16N2/c12-9-4-7-2-1-3-10-11(7)8(5-9)6-13-10/h1,3,7-8,10-13H,2,4-6H2. The molecule has 0 aromatic rings. The fraction of sp³-hybridized carbons (Fsp3) is 0.727. The van der Waals surface area contributed by atoms with Crippen molar-refractivity contribution in [2.24, 2.45) is 17.8 Å². The van der Waals surface area contributed by atoms with Crippen LogP contribution >= 0.6 is 0 Å². The molecule has 0 aromatic heterocycles. The zero-order valence-electron chi connectivity index (χ0n) is 7.79. The summed E-state index contributed by atoms with van der Waals surface area (Å²) in [6.07, 6.45) is 7.97. The molecule has 0 radical (unpaired) electrons. The fourth-order valence-corrected chi connectivity index (χ4v) is 3.43. The first kappa shape index (κ1) is 7.74. The Morgan fingerprint density at radius 3 is 3.08 bits per heavy atom. The Morgan fingerprint density at radius 1 is 1.31 bits per heavy atom. The Morgan fingerprint density at radius 2 is 2.15 bits per heavy atom. The van der Waals surface area contributed by atoms with Gasteiger partial charge in [-0.25, -0.2) is 0 Å². The van der Waals surface area contributed by atoms with E-state index in [2.05, 4.69) is 17.5 Å². The van der Waals surface area contributed by atoms with E-state index in [1.807, 2.05) is 0 Å². The van der Waals surface area contributed by atoms with Gasteiger partial charge in [-0.15, -0.1) is 0 Å². The summed E-state index contributed by atoms with van der Waals surface area (Å²) in [7, 11) is 0. The first-order valence-electron chi connectivity index (χ1n) is 5.31. The van der Waals surface area contributed by atoms with Crippen LogP contribution in [0.4, 0.5) is 0 Å². The van der Waals surface area contributed by atoms with E-state index in [4.69, 9.17) is 5.41 Å². The van der Waals surface area contributed by atoms with Crippen molar-refractivity contribution < 1.29 is 0 Å². The molecule has 2 aliphatic carbocycles. The summed E-state index contributed by atoms with van der Waals surface area (Å²) in [6.45, 7) is 1.14. The zero-order chi connectivity index (χ0) is 8.84. The maximum atomic E-state index is 7.81. The van der Waals surface area contributed by atoms with Gasteiger partial charge in [0.1, 0.15) is 0 Å². The highest BCUT2D eigenvalue weighted by Crippen LogP contribution is 2.43. The summed E-state index contributed by atoms with van der Waals surface area (Å²) in [5, 5.41) is 11.4. The van der Waals surface area contributed by atoms with Crippen molar-refractivity contribution >= 4 is 5.71 Å². The Balaban J connectivity index is 1.93. The summed E-state index contributed by atoms with van der Waals surface area (Å²) in [6, 6.07) is 0.636. The molecule has 2 nitrogen and oxygen atoms in total. The van der Waals surface area contributed by atoms with Crippen LogP contribution in [-0.4, -0.2) is 18.3 Å². The lowest BCUT2D eigenvalue weighted by molar-refractivity contribution is 0.237. The van der Waals surface area contributed by atoms with Crippen LogP contribution in [0, 0.1) is 23.2 Å². The van der Waals surface area contributed by atoms with Crippen LogP contribution in [0.3, 0.4) is 0 Å². The molecule has 0 spiro atoms. The lowest BCUT2D eigenvalue weighted by Crippen LogP contribution is -2.37. The van der Waals surface area contributed by atoms with Crippen molar-refractivity contribution in [2.45, 2.75) is 25.3 Å². The molecule has 3 aliphatic rings. The Bertz CT molecular complexity index is 269. The number of hydrogen-bond donors (Lipinski definition) is 2. The van der Waals surface area contributed by atoms with Crippen LogP contribution in [0.2, 0.25) is 0 Å². The Labute approximate surface area is 78.9 Å². The van der Waals surface area contributed by atoms with Crippen LogP contribution in [-0.2, 0) is 0 Å². The van der Waals surface area contributed by atoms with Gasteiger partial charge in [0.05, 0.1) is 0 Å². The monoisotopic (exact) mass is 176 g/mol. The van der Waals surface area contributed by atoms with E-state index < -0.39 is 0 Å². The second-order valence-electron chi connectivity index (χ2n) is 4.71. The Hall–Kier alpha value is -0.630. The second-order valence-corrected chi connectivity index (χ2v) is 4.71. The molecule has 70 valence electrons. The molecule has 1 saturated carbocycles. The van der Waals surface area contributed by atoms with E-state index in [1.165, 1.54) is 6.42 Å². The lowest BCUT2D eigenvalue weighted by Gasteiger charge is -2.37. The third kappa shape index (κ3) is 1.08.